The number of imidazole rings is 1. The average molecular weight is 263 g/mol. The Morgan fingerprint density at radius 2 is 2.33 bits per heavy atom. The lowest BCUT2D eigenvalue weighted by molar-refractivity contribution is 0.111. The monoisotopic (exact) mass is 263 g/mol. The van der Waals surface area contributed by atoms with Gasteiger partial charge >= 0.3 is 0 Å². The van der Waals surface area contributed by atoms with E-state index in [0.29, 0.717) is 11.1 Å². The summed E-state index contributed by atoms with van der Waals surface area (Å²) in [4.78, 5) is 19.1. The second-order valence-corrected chi connectivity index (χ2v) is 6.56. The van der Waals surface area contributed by atoms with E-state index in [1.807, 2.05) is 16.0 Å². The smallest absolute Gasteiger partial charge is 0.196 e. The van der Waals surface area contributed by atoms with Gasteiger partial charge in [-0.15, -0.1) is 11.3 Å². The number of carbonyl (C=O) groups is 1. The molecule has 1 fully saturated rings. The molecule has 0 aliphatic carbocycles. The molecule has 0 saturated carbocycles. The maximum Gasteiger partial charge on any atom is 0.196 e. The number of carbonyl (C=O) groups excluding carboxylic acids is 1. The predicted molar refractivity (Wildman–Crippen MR) is 73.7 cm³/mol. The topological polar surface area (TPSA) is 37.6 Å². The molecule has 1 aliphatic heterocycles. The molecule has 1 saturated heterocycles. The van der Waals surface area contributed by atoms with Crippen molar-refractivity contribution in [2.75, 3.05) is 18.0 Å². The highest BCUT2D eigenvalue weighted by Gasteiger charge is 2.29. The molecule has 0 radical (unpaired) electrons. The summed E-state index contributed by atoms with van der Waals surface area (Å²) in [5.74, 6) is 0.852. The summed E-state index contributed by atoms with van der Waals surface area (Å²) in [6.07, 6.45) is 5.23. The van der Waals surface area contributed by atoms with Crippen LogP contribution in [0.2, 0.25) is 0 Å². The minimum atomic E-state index is 0.301. The van der Waals surface area contributed by atoms with Crippen LogP contribution in [0.3, 0.4) is 0 Å². The number of hydrogen-bond acceptors (Lipinski definition) is 4. The molecule has 0 bridgehead atoms. The lowest BCUT2D eigenvalue weighted by atomic mass is 9.84. The molecule has 0 spiro atoms. The molecule has 2 aromatic rings. The van der Waals surface area contributed by atoms with Gasteiger partial charge in [-0.1, -0.05) is 13.8 Å². The highest BCUT2D eigenvalue weighted by Crippen LogP contribution is 2.33. The Bertz CT molecular complexity index is 584. The van der Waals surface area contributed by atoms with Gasteiger partial charge in [-0.2, -0.15) is 0 Å². The minimum Gasteiger partial charge on any atom is -0.354 e. The van der Waals surface area contributed by atoms with Gasteiger partial charge in [0, 0.05) is 24.7 Å². The number of fused-ring (bicyclic) bond motifs is 1. The van der Waals surface area contributed by atoms with Crippen molar-refractivity contribution in [3.05, 3.63) is 17.3 Å². The summed E-state index contributed by atoms with van der Waals surface area (Å²) < 4.78 is 1.88. The lowest BCUT2D eigenvalue weighted by Gasteiger charge is -2.38. The molecule has 2 aromatic heterocycles. The van der Waals surface area contributed by atoms with Gasteiger partial charge in [-0.25, -0.2) is 4.98 Å². The van der Waals surface area contributed by atoms with Crippen molar-refractivity contribution in [1.29, 1.82) is 0 Å². The number of aldehydes is 1. The molecule has 1 aliphatic rings. The molecule has 0 unspecified atom stereocenters. The molecule has 3 heterocycles. The third-order valence-corrected chi connectivity index (χ3v) is 4.35. The van der Waals surface area contributed by atoms with Crippen LogP contribution in [-0.4, -0.2) is 28.8 Å². The first-order valence-corrected chi connectivity index (χ1v) is 7.14. The van der Waals surface area contributed by atoms with Crippen LogP contribution >= 0.6 is 11.3 Å². The Kier molecular flexibility index (Phi) is 2.66. The Morgan fingerprint density at radius 3 is 3.06 bits per heavy atom. The third-order valence-electron chi connectivity index (χ3n) is 3.59. The zero-order chi connectivity index (χ0) is 12.8. The average Bonchev–Trinajstić information content (AvgIpc) is 2.86. The van der Waals surface area contributed by atoms with Gasteiger partial charge in [0.15, 0.2) is 17.1 Å². The summed E-state index contributed by atoms with van der Waals surface area (Å²) in [6, 6.07) is 0. The minimum absolute atomic E-state index is 0.301. The fraction of sp³-hybridized carbons (Fsp3) is 0.538. The third kappa shape index (κ3) is 1.82. The maximum absolute atomic E-state index is 11.3. The lowest BCUT2D eigenvalue weighted by Crippen LogP contribution is -2.40. The van der Waals surface area contributed by atoms with E-state index in [1.165, 1.54) is 6.42 Å². The van der Waals surface area contributed by atoms with Crippen LogP contribution in [0.1, 0.15) is 37.2 Å². The van der Waals surface area contributed by atoms with E-state index in [0.717, 1.165) is 36.6 Å². The second kappa shape index (κ2) is 4.09. The molecular weight excluding hydrogens is 246 g/mol. The zero-order valence-corrected chi connectivity index (χ0v) is 11.5. The summed E-state index contributed by atoms with van der Waals surface area (Å²) in [7, 11) is 0. The number of aromatic nitrogens is 2. The fourth-order valence-electron chi connectivity index (χ4n) is 2.74. The van der Waals surface area contributed by atoms with E-state index in [4.69, 9.17) is 0 Å². The standard InChI is InChI=1S/C13H17N3OS/c1-13(2)4-3-5-15(9-13)11-10(8-17)16-6-7-18-12(16)14-11/h6-8H,3-5,9H2,1-2H3. The van der Waals surface area contributed by atoms with Gasteiger partial charge in [-0.3, -0.25) is 9.20 Å². The quantitative estimate of drug-likeness (QED) is 0.782. The Morgan fingerprint density at radius 1 is 1.50 bits per heavy atom. The van der Waals surface area contributed by atoms with Crippen molar-refractivity contribution in [3.8, 4) is 0 Å². The van der Waals surface area contributed by atoms with Crippen LogP contribution in [0.4, 0.5) is 5.82 Å². The normalized spacial score (nSPS) is 19.3. The van der Waals surface area contributed by atoms with Crippen molar-refractivity contribution in [3.63, 3.8) is 0 Å². The van der Waals surface area contributed by atoms with Gasteiger partial charge in [-0.05, 0) is 18.3 Å². The predicted octanol–water partition coefficient (Wildman–Crippen LogP) is 2.83. The first kappa shape index (κ1) is 11.7. The Balaban J connectivity index is 2.03. The summed E-state index contributed by atoms with van der Waals surface area (Å²) in [5, 5.41) is 1.96. The first-order chi connectivity index (χ1) is 8.61. The molecule has 4 nitrogen and oxygen atoms in total. The molecule has 0 N–H and O–H groups in total. The molecule has 0 aromatic carbocycles. The number of rotatable bonds is 2. The van der Waals surface area contributed by atoms with Crippen LogP contribution in [0, 0.1) is 5.41 Å². The number of nitrogens with zero attached hydrogens (tertiary/aromatic N) is 3. The second-order valence-electron chi connectivity index (χ2n) is 5.68. The van der Waals surface area contributed by atoms with Crippen molar-refractivity contribution >= 4 is 28.4 Å². The van der Waals surface area contributed by atoms with Gasteiger partial charge in [0.2, 0.25) is 0 Å². The number of hydrogen-bond donors (Lipinski definition) is 0. The molecule has 96 valence electrons. The highest BCUT2D eigenvalue weighted by atomic mass is 32.1. The molecule has 3 rings (SSSR count). The summed E-state index contributed by atoms with van der Waals surface area (Å²) in [6.45, 7) is 6.52. The Hall–Kier alpha value is -1.36. The van der Waals surface area contributed by atoms with E-state index < -0.39 is 0 Å². The first-order valence-electron chi connectivity index (χ1n) is 6.26. The van der Waals surface area contributed by atoms with E-state index in [1.54, 1.807) is 11.3 Å². The number of anilines is 1. The van der Waals surface area contributed by atoms with Crippen molar-refractivity contribution in [1.82, 2.24) is 9.38 Å². The Labute approximate surface area is 110 Å². The fourth-order valence-corrected chi connectivity index (χ4v) is 3.45. The van der Waals surface area contributed by atoms with E-state index in [2.05, 4.69) is 23.7 Å². The van der Waals surface area contributed by atoms with Gasteiger partial charge in [0.05, 0.1) is 0 Å². The van der Waals surface area contributed by atoms with Crippen molar-refractivity contribution in [2.45, 2.75) is 26.7 Å². The molecule has 0 amide bonds. The van der Waals surface area contributed by atoms with E-state index >= 15 is 0 Å². The van der Waals surface area contributed by atoms with Crippen LogP contribution in [0.15, 0.2) is 11.6 Å². The van der Waals surface area contributed by atoms with Crippen LogP contribution in [0.5, 0.6) is 0 Å². The van der Waals surface area contributed by atoms with E-state index in [9.17, 15) is 4.79 Å². The van der Waals surface area contributed by atoms with Gasteiger partial charge in [0.25, 0.3) is 0 Å². The van der Waals surface area contributed by atoms with Gasteiger partial charge < -0.3 is 4.90 Å². The molecule has 18 heavy (non-hydrogen) atoms. The molecule has 0 atom stereocenters. The van der Waals surface area contributed by atoms with Crippen molar-refractivity contribution in [2.24, 2.45) is 5.41 Å². The molecule has 5 heteroatoms. The summed E-state index contributed by atoms with van der Waals surface area (Å²) in [5.41, 5.74) is 0.985. The van der Waals surface area contributed by atoms with Crippen LogP contribution in [0.25, 0.3) is 4.96 Å². The van der Waals surface area contributed by atoms with Crippen LogP contribution in [-0.2, 0) is 0 Å². The zero-order valence-electron chi connectivity index (χ0n) is 10.7. The number of piperidine rings is 1. The van der Waals surface area contributed by atoms with E-state index in [-0.39, 0.29) is 0 Å². The maximum atomic E-state index is 11.3. The van der Waals surface area contributed by atoms with Crippen LogP contribution < -0.4 is 4.90 Å². The summed E-state index contributed by atoms with van der Waals surface area (Å²) >= 11 is 1.57. The largest absolute Gasteiger partial charge is 0.354 e. The molecular formula is C13H17N3OS. The van der Waals surface area contributed by atoms with Crippen molar-refractivity contribution < 1.29 is 4.79 Å². The van der Waals surface area contributed by atoms with Gasteiger partial charge in [0.1, 0.15) is 5.69 Å². The number of thiazole rings is 1. The highest BCUT2D eigenvalue weighted by molar-refractivity contribution is 7.15. The SMILES string of the molecule is CC1(C)CCCN(c2nc3sccn3c2C=O)C1.